The van der Waals surface area contributed by atoms with Gasteiger partial charge >= 0.3 is 11.9 Å². The second-order valence-corrected chi connectivity index (χ2v) is 7.41. The van der Waals surface area contributed by atoms with Gasteiger partial charge in [-0.05, 0) is 32.1 Å². The van der Waals surface area contributed by atoms with Crippen LogP contribution >= 0.6 is 0 Å². The van der Waals surface area contributed by atoms with Crippen LogP contribution < -0.4 is 0 Å². The lowest BCUT2D eigenvalue weighted by molar-refractivity contribution is -0.160. The van der Waals surface area contributed by atoms with Gasteiger partial charge < -0.3 is 10.2 Å². The second-order valence-electron chi connectivity index (χ2n) is 7.41. The van der Waals surface area contributed by atoms with Gasteiger partial charge in [-0.2, -0.15) is 0 Å². The Morgan fingerprint density at radius 1 is 0.625 bits per heavy atom. The molecule has 0 radical (unpaired) electrons. The SMILES string of the molecule is CCCCC(CCC)(CC(CCCC)(CCCC)C(=O)O)C(=O)O. The van der Waals surface area contributed by atoms with Crippen molar-refractivity contribution in [2.75, 3.05) is 0 Å². The Morgan fingerprint density at radius 2 is 0.958 bits per heavy atom. The van der Waals surface area contributed by atoms with Crippen LogP contribution in [-0.2, 0) is 9.59 Å². The van der Waals surface area contributed by atoms with Crippen molar-refractivity contribution in [2.24, 2.45) is 10.8 Å². The van der Waals surface area contributed by atoms with E-state index in [1.54, 1.807) is 0 Å². The van der Waals surface area contributed by atoms with Crippen molar-refractivity contribution >= 4 is 11.9 Å². The molecule has 0 heterocycles. The van der Waals surface area contributed by atoms with Gasteiger partial charge in [-0.25, -0.2) is 0 Å². The van der Waals surface area contributed by atoms with Crippen LogP contribution in [0.5, 0.6) is 0 Å². The molecule has 0 spiro atoms. The van der Waals surface area contributed by atoms with Crippen molar-refractivity contribution < 1.29 is 19.8 Å². The van der Waals surface area contributed by atoms with Crippen LogP contribution in [0, 0.1) is 10.8 Å². The molecule has 24 heavy (non-hydrogen) atoms. The van der Waals surface area contributed by atoms with E-state index in [1.807, 2.05) is 6.92 Å². The van der Waals surface area contributed by atoms with Crippen LogP contribution in [0.2, 0.25) is 0 Å². The van der Waals surface area contributed by atoms with E-state index in [-0.39, 0.29) is 6.42 Å². The highest BCUT2D eigenvalue weighted by molar-refractivity contribution is 5.79. The number of aliphatic carboxylic acids is 2. The number of hydrogen-bond acceptors (Lipinski definition) is 2. The summed E-state index contributed by atoms with van der Waals surface area (Å²) in [6.07, 6.45) is 8.69. The number of carboxylic acid groups (broad SMARTS) is 2. The average molecular weight is 343 g/mol. The predicted octanol–water partition coefficient (Wildman–Crippen LogP) is 5.89. The highest BCUT2D eigenvalue weighted by atomic mass is 16.4. The number of carboxylic acids is 2. The highest BCUT2D eigenvalue weighted by Crippen LogP contribution is 2.47. The van der Waals surface area contributed by atoms with E-state index in [0.29, 0.717) is 25.7 Å². The molecule has 0 aliphatic heterocycles. The van der Waals surface area contributed by atoms with E-state index in [9.17, 15) is 19.8 Å². The summed E-state index contributed by atoms with van der Waals surface area (Å²) in [5.74, 6) is -1.61. The van der Waals surface area contributed by atoms with Gasteiger partial charge in [-0.3, -0.25) is 9.59 Å². The summed E-state index contributed by atoms with van der Waals surface area (Å²) < 4.78 is 0. The van der Waals surface area contributed by atoms with Gasteiger partial charge in [0.05, 0.1) is 10.8 Å². The van der Waals surface area contributed by atoms with E-state index < -0.39 is 22.8 Å². The Morgan fingerprint density at radius 3 is 1.21 bits per heavy atom. The Bertz CT molecular complexity index is 370. The largest absolute Gasteiger partial charge is 0.481 e. The zero-order valence-electron chi connectivity index (χ0n) is 16.2. The minimum absolute atomic E-state index is 0.276. The van der Waals surface area contributed by atoms with Gasteiger partial charge in [0.25, 0.3) is 0 Å². The van der Waals surface area contributed by atoms with Crippen LogP contribution in [-0.4, -0.2) is 22.2 Å². The maximum absolute atomic E-state index is 12.2. The topological polar surface area (TPSA) is 74.6 Å². The molecule has 0 aromatic rings. The molecule has 0 bridgehead atoms. The molecule has 4 heteroatoms. The summed E-state index contributed by atoms with van der Waals surface area (Å²) in [5, 5.41) is 20.0. The van der Waals surface area contributed by atoms with Crippen LogP contribution in [0.4, 0.5) is 0 Å². The maximum atomic E-state index is 12.2. The third-order valence-corrected chi connectivity index (χ3v) is 5.34. The van der Waals surface area contributed by atoms with Gasteiger partial charge in [0.15, 0.2) is 0 Å². The second kappa shape index (κ2) is 11.5. The lowest BCUT2D eigenvalue weighted by Gasteiger charge is -2.39. The fourth-order valence-corrected chi connectivity index (χ4v) is 3.85. The first-order valence-electron chi connectivity index (χ1n) is 9.81. The van der Waals surface area contributed by atoms with E-state index in [1.165, 1.54) is 0 Å². The average Bonchev–Trinajstić information content (AvgIpc) is 2.54. The van der Waals surface area contributed by atoms with Gasteiger partial charge in [-0.1, -0.05) is 72.6 Å². The quantitative estimate of drug-likeness (QED) is 0.389. The van der Waals surface area contributed by atoms with E-state index in [0.717, 1.165) is 44.9 Å². The minimum Gasteiger partial charge on any atom is -0.481 e. The molecule has 0 aromatic carbocycles. The Hall–Kier alpha value is -1.06. The highest BCUT2D eigenvalue weighted by Gasteiger charge is 2.48. The molecule has 1 unspecified atom stereocenters. The molecule has 142 valence electrons. The number of unbranched alkanes of at least 4 members (excludes halogenated alkanes) is 3. The number of hydrogen-bond donors (Lipinski definition) is 2. The smallest absolute Gasteiger partial charge is 0.309 e. The lowest BCUT2D eigenvalue weighted by atomic mass is 9.63. The summed E-state index contributed by atoms with van der Waals surface area (Å²) in [6.45, 7) is 8.15. The van der Waals surface area contributed by atoms with Gasteiger partial charge in [0.2, 0.25) is 0 Å². The summed E-state index contributed by atoms with van der Waals surface area (Å²) in [4.78, 5) is 24.4. The van der Waals surface area contributed by atoms with E-state index in [4.69, 9.17) is 0 Å². The molecule has 0 aromatic heterocycles. The van der Waals surface area contributed by atoms with Crippen molar-refractivity contribution in [3.05, 3.63) is 0 Å². The van der Waals surface area contributed by atoms with Crippen molar-refractivity contribution in [1.82, 2.24) is 0 Å². The van der Waals surface area contributed by atoms with Crippen LogP contribution in [0.25, 0.3) is 0 Å². The molecule has 0 saturated carbocycles. The molecule has 0 aliphatic carbocycles. The zero-order chi connectivity index (χ0) is 18.6. The summed E-state index contributed by atoms with van der Waals surface area (Å²) in [6, 6.07) is 0. The normalized spacial score (nSPS) is 14.3. The van der Waals surface area contributed by atoms with Crippen molar-refractivity contribution in [2.45, 2.75) is 105 Å². The first-order valence-corrected chi connectivity index (χ1v) is 9.81. The minimum atomic E-state index is -0.898. The first-order chi connectivity index (χ1) is 11.3. The van der Waals surface area contributed by atoms with Crippen molar-refractivity contribution in [3.63, 3.8) is 0 Å². The third kappa shape index (κ3) is 6.45. The van der Waals surface area contributed by atoms with Crippen molar-refractivity contribution in [3.8, 4) is 0 Å². The fourth-order valence-electron chi connectivity index (χ4n) is 3.85. The predicted molar refractivity (Wildman–Crippen MR) is 98.2 cm³/mol. The Kier molecular flexibility index (Phi) is 11.0. The molecule has 2 N–H and O–H groups in total. The molecule has 0 amide bonds. The fraction of sp³-hybridized carbons (Fsp3) is 0.900. The molecule has 0 aliphatic rings. The third-order valence-electron chi connectivity index (χ3n) is 5.34. The molecular weight excluding hydrogens is 304 g/mol. The number of carbonyl (C=O) groups is 2. The molecule has 4 nitrogen and oxygen atoms in total. The van der Waals surface area contributed by atoms with E-state index in [2.05, 4.69) is 20.8 Å². The molecule has 0 rings (SSSR count). The van der Waals surface area contributed by atoms with E-state index >= 15 is 0 Å². The van der Waals surface area contributed by atoms with Gasteiger partial charge in [-0.15, -0.1) is 0 Å². The number of rotatable bonds is 15. The zero-order valence-corrected chi connectivity index (χ0v) is 16.2. The van der Waals surface area contributed by atoms with Gasteiger partial charge in [0.1, 0.15) is 0 Å². The first kappa shape index (κ1) is 22.9. The monoisotopic (exact) mass is 342 g/mol. The molecule has 1 atom stereocenters. The lowest BCUT2D eigenvalue weighted by Crippen LogP contribution is -2.42. The van der Waals surface area contributed by atoms with Crippen LogP contribution in [0.15, 0.2) is 0 Å². The molecule has 0 saturated heterocycles. The molecular formula is C20H38O4. The molecule has 0 fully saturated rings. The van der Waals surface area contributed by atoms with Gasteiger partial charge in [0, 0.05) is 0 Å². The Labute approximate surface area is 148 Å². The van der Waals surface area contributed by atoms with Crippen LogP contribution in [0.1, 0.15) is 105 Å². The summed E-state index contributed by atoms with van der Waals surface area (Å²) >= 11 is 0. The van der Waals surface area contributed by atoms with Crippen molar-refractivity contribution in [1.29, 1.82) is 0 Å². The van der Waals surface area contributed by atoms with Crippen LogP contribution in [0.3, 0.4) is 0 Å². The summed E-state index contributed by atoms with van der Waals surface area (Å²) in [7, 11) is 0. The maximum Gasteiger partial charge on any atom is 0.309 e. The standard InChI is InChI=1S/C20H38O4/c1-5-9-13-19(12-8-4,17(21)22)16-20(18(23)24,14-10-6-2)15-11-7-3/h5-16H2,1-4H3,(H,21,22)(H,23,24). The summed E-state index contributed by atoms with van der Waals surface area (Å²) in [5.41, 5.74) is -1.79. The Balaban J connectivity index is 5.74.